The average molecular weight is 438 g/mol. The molecule has 0 atom stereocenters. The van der Waals surface area contributed by atoms with E-state index in [2.05, 4.69) is 33.1 Å². The summed E-state index contributed by atoms with van der Waals surface area (Å²) < 4.78 is 0. The van der Waals surface area contributed by atoms with E-state index in [9.17, 15) is 10.1 Å². The van der Waals surface area contributed by atoms with E-state index < -0.39 is 0 Å². The molecule has 0 aliphatic carbocycles. The third kappa shape index (κ3) is 5.68. The van der Waals surface area contributed by atoms with Gasteiger partial charge in [-0.15, -0.1) is 0 Å². The second-order valence-corrected chi connectivity index (χ2v) is 8.27. The van der Waals surface area contributed by atoms with E-state index in [-0.39, 0.29) is 5.91 Å². The normalized spacial score (nSPS) is 13.7. The number of nitrogens with zero attached hydrogens (tertiary/aromatic N) is 3. The number of likely N-dealkylation sites (tertiary alicyclic amines) is 1. The summed E-state index contributed by atoms with van der Waals surface area (Å²) in [7, 11) is 0. The summed E-state index contributed by atoms with van der Waals surface area (Å²) in [6.07, 6.45) is 6.54. The number of aromatic nitrogens is 1. The maximum absolute atomic E-state index is 12.4. The number of nitrogen functional groups attached to an aromatic ring is 1. The van der Waals surface area contributed by atoms with Crippen molar-refractivity contribution in [3.05, 3.63) is 70.9 Å². The lowest BCUT2D eigenvalue weighted by Crippen LogP contribution is -2.33. The van der Waals surface area contributed by atoms with Gasteiger partial charge in [0, 0.05) is 34.6 Å². The number of fused-ring (bicyclic) bond motifs is 1. The van der Waals surface area contributed by atoms with Crippen molar-refractivity contribution in [2.24, 2.45) is 0 Å². The van der Waals surface area contributed by atoms with Gasteiger partial charge in [0.2, 0.25) is 0 Å². The predicted molar refractivity (Wildman–Crippen MR) is 131 cm³/mol. The van der Waals surface area contributed by atoms with Crippen molar-refractivity contribution in [1.29, 1.82) is 5.26 Å². The lowest BCUT2D eigenvalue weighted by Gasteiger charge is -2.26. The molecule has 0 spiro atoms. The van der Waals surface area contributed by atoms with Crippen molar-refractivity contribution in [3.63, 3.8) is 0 Å². The van der Waals surface area contributed by atoms with Crippen LogP contribution in [0.3, 0.4) is 0 Å². The molecule has 33 heavy (non-hydrogen) atoms. The molecule has 1 aromatic heterocycles. The summed E-state index contributed by atoms with van der Waals surface area (Å²) in [5.74, 6) is 6.44. The summed E-state index contributed by atoms with van der Waals surface area (Å²) in [5, 5.41) is 13.9. The maximum Gasteiger partial charge on any atom is 0.251 e. The van der Waals surface area contributed by atoms with E-state index in [1.807, 2.05) is 18.2 Å². The standard InChI is InChI=1S/C27H27N5O/c28-18-21-7-11-23-19-31-26(29)24(25(23)17-21)12-8-20-5-9-22(10-6-20)27(33)30-13-4-16-32-14-2-1-3-15-32/h5-7,9-11,17,19H,1-4,13-16H2,(H2,29,31)(H,30,33). The first-order valence-electron chi connectivity index (χ1n) is 11.3. The largest absolute Gasteiger partial charge is 0.383 e. The molecule has 6 nitrogen and oxygen atoms in total. The van der Waals surface area contributed by atoms with E-state index in [4.69, 9.17) is 5.73 Å². The molecule has 1 amide bonds. The molecule has 1 aliphatic heterocycles. The van der Waals surface area contributed by atoms with Crippen LogP contribution in [0.15, 0.2) is 48.7 Å². The number of anilines is 1. The average Bonchev–Trinajstić information content (AvgIpc) is 2.86. The predicted octanol–water partition coefficient (Wildman–Crippen LogP) is 3.69. The van der Waals surface area contributed by atoms with Crippen LogP contribution in [0, 0.1) is 23.2 Å². The third-order valence-corrected chi connectivity index (χ3v) is 5.91. The van der Waals surface area contributed by atoms with Gasteiger partial charge in [-0.3, -0.25) is 4.79 Å². The number of nitrogens with two attached hydrogens (primary N) is 1. The van der Waals surface area contributed by atoms with Crippen LogP contribution < -0.4 is 11.1 Å². The van der Waals surface area contributed by atoms with Crippen LogP contribution in [0.1, 0.15) is 52.7 Å². The number of hydrogen-bond donors (Lipinski definition) is 2. The van der Waals surface area contributed by atoms with Gasteiger partial charge < -0.3 is 16.0 Å². The first-order chi connectivity index (χ1) is 16.1. The summed E-state index contributed by atoms with van der Waals surface area (Å²) in [6.45, 7) is 4.07. The molecular weight excluding hydrogens is 410 g/mol. The van der Waals surface area contributed by atoms with Crippen molar-refractivity contribution in [2.45, 2.75) is 25.7 Å². The summed E-state index contributed by atoms with van der Waals surface area (Å²) in [4.78, 5) is 19.1. The molecule has 166 valence electrons. The van der Waals surface area contributed by atoms with E-state index in [0.717, 1.165) is 29.3 Å². The van der Waals surface area contributed by atoms with Gasteiger partial charge >= 0.3 is 0 Å². The Morgan fingerprint density at radius 1 is 1.06 bits per heavy atom. The molecular formula is C27H27N5O. The zero-order valence-electron chi connectivity index (χ0n) is 18.6. The fraction of sp³-hybridized carbons (Fsp3) is 0.296. The minimum absolute atomic E-state index is 0.0697. The molecule has 1 aliphatic rings. The van der Waals surface area contributed by atoms with Crippen molar-refractivity contribution >= 4 is 22.5 Å². The fourth-order valence-corrected chi connectivity index (χ4v) is 4.06. The second kappa shape index (κ2) is 10.6. The molecule has 1 fully saturated rings. The van der Waals surface area contributed by atoms with Crippen LogP contribution in [0.5, 0.6) is 0 Å². The maximum atomic E-state index is 12.4. The Hall–Kier alpha value is -3.87. The molecule has 0 bridgehead atoms. The van der Waals surface area contributed by atoms with Crippen LogP contribution in [-0.4, -0.2) is 42.0 Å². The minimum atomic E-state index is -0.0697. The van der Waals surface area contributed by atoms with E-state index in [0.29, 0.717) is 29.1 Å². The van der Waals surface area contributed by atoms with Crippen molar-refractivity contribution in [1.82, 2.24) is 15.2 Å². The molecule has 6 heteroatoms. The second-order valence-electron chi connectivity index (χ2n) is 8.27. The Morgan fingerprint density at radius 3 is 2.58 bits per heavy atom. The molecule has 2 aromatic carbocycles. The van der Waals surface area contributed by atoms with Gasteiger partial charge in [-0.25, -0.2) is 4.98 Å². The number of carbonyl (C=O) groups is 1. The van der Waals surface area contributed by atoms with Gasteiger partial charge in [0.15, 0.2) is 0 Å². The third-order valence-electron chi connectivity index (χ3n) is 5.91. The zero-order chi connectivity index (χ0) is 23.0. The number of amides is 1. The SMILES string of the molecule is N#Cc1ccc2cnc(N)c(C#Cc3ccc(C(=O)NCCCN4CCCCC4)cc3)c2c1. The lowest BCUT2D eigenvalue weighted by molar-refractivity contribution is 0.0951. The summed E-state index contributed by atoms with van der Waals surface area (Å²) in [5.41, 5.74) is 8.58. The van der Waals surface area contributed by atoms with Crippen LogP contribution >= 0.6 is 0 Å². The Bertz CT molecular complexity index is 1240. The Kier molecular flexibility index (Phi) is 7.19. The monoisotopic (exact) mass is 437 g/mol. The van der Waals surface area contributed by atoms with Crippen molar-refractivity contribution in [3.8, 4) is 17.9 Å². The minimum Gasteiger partial charge on any atom is -0.383 e. The number of hydrogen-bond acceptors (Lipinski definition) is 5. The number of rotatable bonds is 5. The first-order valence-corrected chi connectivity index (χ1v) is 11.3. The van der Waals surface area contributed by atoms with Gasteiger partial charge in [0.05, 0.1) is 17.2 Å². The Balaban J connectivity index is 1.39. The first kappa shape index (κ1) is 22.3. The van der Waals surface area contributed by atoms with Crippen LogP contribution in [0.4, 0.5) is 5.82 Å². The van der Waals surface area contributed by atoms with Crippen molar-refractivity contribution < 1.29 is 4.79 Å². The number of benzene rings is 2. The molecule has 3 aromatic rings. The lowest BCUT2D eigenvalue weighted by atomic mass is 10.0. The molecule has 1 saturated heterocycles. The van der Waals surface area contributed by atoms with Gasteiger partial charge in [0.25, 0.3) is 5.91 Å². The highest BCUT2D eigenvalue weighted by Crippen LogP contribution is 2.23. The molecule has 0 radical (unpaired) electrons. The van der Waals surface area contributed by atoms with E-state index >= 15 is 0 Å². The molecule has 0 unspecified atom stereocenters. The quantitative estimate of drug-likeness (QED) is 0.469. The number of piperidine rings is 1. The van der Waals surface area contributed by atoms with Crippen LogP contribution in [0.2, 0.25) is 0 Å². The topological polar surface area (TPSA) is 95.0 Å². The number of nitrogens with one attached hydrogen (secondary N) is 1. The zero-order valence-corrected chi connectivity index (χ0v) is 18.6. The summed E-state index contributed by atoms with van der Waals surface area (Å²) in [6, 6.07) is 14.7. The van der Waals surface area contributed by atoms with Gasteiger partial charge in [0.1, 0.15) is 5.82 Å². The highest BCUT2D eigenvalue weighted by Gasteiger charge is 2.10. The van der Waals surface area contributed by atoms with Crippen LogP contribution in [-0.2, 0) is 0 Å². The van der Waals surface area contributed by atoms with Gasteiger partial charge in [-0.1, -0.05) is 24.3 Å². The Morgan fingerprint density at radius 2 is 1.82 bits per heavy atom. The van der Waals surface area contributed by atoms with Crippen LogP contribution in [0.25, 0.3) is 10.8 Å². The van der Waals surface area contributed by atoms with E-state index in [1.54, 1.807) is 30.5 Å². The fourth-order valence-electron chi connectivity index (χ4n) is 4.06. The number of pyridine rings is 1. The summed E-state index contributed by atoms with van der Waals surface area (Å²) >= 11 is 0. The number of nitriles is 1. The molecule has 0 saturated carbocycles. The molecule has 3 N–H and O–H groups in total. The highest BCUT2D eigenvalue weighted by atomic mass is 16.1. The highest BCUT2D eigenvalue weighted by molar-refractivity contribution is 5.94. The van der Waals surface area contributed by atoms with Crippen molar-refractivity contribution in [2.75, 3.05) is 31.9 Å². The smallest absolute Gasteiger partial charge is 0.251 e. The van der Waals surface area contributed by atoms with Gasteiger partial charge in [-0.05, 0) is 75.3 Å². The molecule has 4 rings (SSSR count). The van der Waals surface area contributed by atoms with Gasteiger partial charge in [-0.2, -0.15) is 5.26 Å². The number of carbonyl (C=O) groups excluding carboxylic acids is 1. The Labute approximate surface area is 194 Å². The molecule has 2 heterocycles. The van der Waals surface area contributed by atoms with E-state index in [1.165, 1.54) is 32.4 Å².